The van der Waals surface area contributed by atoms with E-state index in [2.05, 4.69) is 10.4 Å². The lowest BCUT2D eigenvalue weighted by Crippen LogP contribution is -2.27. The van der Waals surface area contributed by atoms with E-state index in [1.54, 1.807) is 18.3 Å². The molecule has 1 N–H and O–H groups in total. The smallest absolute Gasteiger partial charge is 0.367 e. The summed E-state index contributed by atoms with van der Waals surface area (Å²) in [6, 6.07) is 15.7. The highest BCUT2D eigenvalue weighted by Gasteiger charge is 2.31. The second-order valence-corrected chi connectivity index (χ2v) is 7.90. The van der Waals surface area contributed by atoms with Crippen molar-refractivity contribution in [2.24, 2.45) is 0 Å². The first kappa shape index (κ1) is 18.9. The van der Waals surface area contributed by atoms with Crippen molar-refractivity contribution in [3.8, 4) is 0 Å². The van der Waals surface area contributed by atoms with E-state index in [0.717, 1.165) is 53.6 Å². The first-order valence-electron chi connectivity index (χ1n) is 10.2. The van der Waals surface area contributed by atoms with Gasteiger partial charge in [0.15, 0.2) is 5.65 Å². The van der Waals surface area contributed by atoms with Gasteiger partial charge in [0.1, 0.15) is 5.82 Å². The van der Waals surface area contributed by atoms with Gasteiger partial charge in [0, 0.05) is 17.5 Å². The molecule has 30 heavy (non-hydrogen) atoms. The van der Waals surface area contributed by atoms with Crippen LogP contribution in [0.3, 0.4) is 0 Å². The Morgan fingerprint density at radius 2 is 1.77 bits per heavy atom. The Hall–Kier alpha value is -3.09. The molecular formula is C23H21F3N4. The average Bonchev–Trinajstić information content (AvgIpc) is 3.22. The van der Waals surface area contributed by atoms with Crippen LogP contribution in [0.25, 0.3) is 16.6 Å². The fourth-order valence-electron chi connectivity index (χ4n) is 4.47. The molecule has 154 valence electrons. The predicted octanol–water partition coefficient (Wildman–Crippen LogP) is 6.04. The highest BCUT2D eigenvalue weighted by atomic mass is 19.4. The summed E-state index contributed by atoms with van der Waals surface area (Å²) in [6.45, 7) is 0. The molecule has 2 atom stereocenters. The van der Waals surface area contributed by atoms with Gasteiger partial charge in [-0.1, -0.05) is 30.7 Å². The molecule has 0 bridgehead atoms. The van der Waals surface area contributed by atoms with Gasteiger partial charge >= 0.3 is 6.18 Å². The zero-order valence-corrected chi connectivity index (χ0v) is 16.2. The molecule has 4 aromatic rings. The maximum Gasteiger partial charge on any atom is 0.416 e. The SMILES string of the molecule is FC(F)(F)c1ccc([C@@H]2CCC[C@H](Nc3nc4ccnn4c4ccccc34)C2)cc1. The number of nitrogens with zero attached hydrogens (tertiary/aromatic N) is 3. The summed E-state index contributed by atoms with van der Waals surface area (Å²) in [5.74, 6) is 1.07. The number of fused-ring (bicyclic) bond motifs is 3. The van der Waals surface area contributed by atoms with Gasteiger partial charge in [-0.2, -0.15) is 18.3 Å². The molecule has 0 unspecified atom stereocenters. The molecule has 4 nitrogen and oxygen atoms in total. The molecule has 0 amide bonds. The first-order chi connectivity index (χ1) is 14.5. The number of aromatic nitrogens is 3. The Morgan fingerprint density at radius 1 is 0.967 bits per heavy atom. The van der Waals surface area contributed by atoms with Crippen LogP contribution in [0.15, 0.2) is 60.8 Å². The maximum atomic E-state index is 12.9. The van der Waals surface area contributed by atoms with Crippen molar-refractivity contribution in [3.05, 3.63) is 71.9 Å². The van der Waals surface area contributed by atoms with Crippen molar-refractivity contribution in [2.75, 3.05) is 5.32 Å². The standard InChI is InChI=1S/C23H21F3N4/c24-23(25,26)17-10-8-15(9-11-17)16-4-3-5-18(14-16)28-22-19-6-1-2-7-20(19)30-21(29-22)12-13-27-30/h1-2,6-13,16,18H,3-5,14H2,(H,28,29)/t16-,18+/m1/s1. The minimum Gasteiger partial charge on any atom is -0.367 e. The van der Waals surface area contributed by atoms with Gasteiger partial charge in [0.2, 0.25) is 0 Å². The molecule has 7 heteroatoms. The van der Waals surface area contributed by atoms with Crippen LogP contribution < -0.4 is 5.32 Å². The predicted molar refractivity (Wildman–Crippen MR) is 111 cm³/mol. The van der Waals surface area contributed by atoms with E-state index < -0.39 is 11.7 Å². The average molecular weight is 410 g/mol. The molecular weight excluding hydrogens is 389 g/mol. The number of alkyl halides is 3. The van der Waals surface area contributed by atoms with Gasteiger partial charge in [-0.15, -0.1) is 0 Å². The number of benzene rings is 2. The quantitative estimate of drug-likeness (QED) is 0.448. The Kier molecular flexibility index (Phi) is 4.60. The lowest BCUT2D eigenvalue weighted by Gasteiger charge is -2.31. The summed E-state index contributed by atoms with van der Waals surface area (Å²) >= 11 is 0. The van der Waals surface area contributed by atoms with E-state index >= 15 is 0 Å². The summed E-state index contributed by atoms with van der Waals surface area (Å²) in [4.78, 5) is 4.76. The molecule has 2 heterocycles. The number of nitrogens with one attached hydrogen (secondary N) is 1. The van der Waals surface area contributed by atoms with Crippen molar-refractivity contribution in [3.63, 3.8) is 0 Å². The molecule has 1 saturated carbocycles. The van der Waals surface area contributed by atoms with E-state index in [-0.39, 0.29) is 12.0 Å². The maximum absolute atomic E-state index is 12.9. The van der Waals surface area contributed by atoms with Crippen LogP contribution in [0.2, 0.25) is 0 Å². The Morgan fingerprint density at radius 3 is 2.57 bits per heavy atom. The van der Waals surface area contributed by atoms with Crippen molar-refractivity contribution in [1.29, 1.82) is 0 Å². The van der Waals surface area contributed by atoms with Crippen LogP contribution in [0.1, 0.15) is 42.7 Å². The molecule has 1 aliphatic rings. The van der Waals surface area contributed by atoms with Crippen molar-refractivity contribution in [1.82, 2.24) is 14.6 Å². The third kappa shape index (κ3) is 3.49. The second-order valence-electron chi connectivity index (χ2n) is 7.90. The van der Waals surface area contributed by atoms with Crippen LogP contribution in [0.5, 0.6) is 0 Å². The first-order valence-corrected chi connectivity index (χ1v) is 10.2. The summed E-state index contributed by atoms with van der Waals surface area (Å²) in [6.07, 6.45) is 1.33. The molecule has 2 aromatic heterocycles. The van der Waals surface area contributed by atoms with Crippen LogP contribution in [-0.4, -0.2) is 20.6 Å². The van der Waals surface area contributed by atoms with Gasteiger partial charge in [-0.3, -0.25) is 0 Å². The molecule has 0 spiro atoms. The molecule has 2 aromatic carbocycles. The fourth-order valence-corrected chi connectivity index (χ4v) is 4.47. The van der Waals surface area contributed by atoms with Crippen LogP contribution in [0, 0.1) is 0 Å². The summed E-state index contributed by atoms with van der Waals surface area (Å²) < 4.78 is 40.4. The third-order valence-electron chi connectivity index (χ3n) is 5.96. The molecule has 1 aliphatic carbocycles. The Labute approximate surface area is 171 Å². The van der Waals surface area contributed by atoms with Gasteiger partial charge < -0.3 is 5.32 Å². The monoisotopic (exact) mass is 410 g/mol. The Bertz CT molecular complexity index is 1180. The number of para-hydroxylation sites is 1. The lowest BCUT2D eigenvalue weighted by atomic mass is 9.81. The van der Waals surface area contributed by atoms with Crippen molar-refractivity contribution >= 4 is 22.4 Å². The van der Waals surface area contributed by atoms with Gasteiger partial charge in [0.25, 0.3) is 0 Å². The molecule has 5 rings (SSSR count). The normalized spacial score (nSPS) is 20.0. The highest BCUT2D eigenvalue weighted by Crippen LogP contribution is 2.37. The van der Waals surface area contributed by atoms with Gasteiger partial charge in [-0.25, -0.2) is 9.50 Å². The van der Waals surface area contributed by atoms with E-state index in [1.807, 2.05) is 34.8 Å². The molecule has 1 fully saturated rings. The zero-order chi connectivity index (χ0) is 20.7. The van der Waals surface area contributed by atoms with Crippen molar-refractivity contribution in [2.45, 2.75) is 43.8 Å². The topological polar surface area (TPSA) is 42.2 Å². The van der Waals surface area contributed by atoms with Crippen LogP contribution in [-0.2, 0) is 6.18 Å². The minimum atomic E-state index is -4.30. The summed E-state index contributed by atoms with van der Waals surface area (Å²) in [5, 5.41) is 8.97. The molecule has 0 radical (unpaired) electrons. The van der Waals surface area contributed by atoms with E-state index in [9.17, 15) is 13.2 Å². The van der Waals surface area contributed by atoms with E-state index in [4.69, 9.17) is 4.98 Å². The fraction of sp³-hybridized carbons (Fsp3) is 0.304. The highest BCUT2D eigenvalue weighted by molar-refractivity contribution is 5.91. The number of anilines is 1. The van der Waals surface area contributed by atoms with Gasteiger partial charge in [0.05, 0.1) is 17.3 Å². The number of rotatable bonds is 3. The summed E-state index contributed by atoms with van der Waals surface area (Å²) in [7, 11) is 0. The summed E-state index contributed by atoms with van der Waals surface area (Å²) in [5.41, 5.74) is 2.15. The Balaban J connectivity index is 1.39. The second kappa shape index (κ2) is 7.31. The lowest BCUT2D eigenvalue weighted by molar-refractivity contribution is -0.137. The zero-order valence-electron chi connectivity index (χ0n) is 16.2. The number of halogens is 3. The largest absolute Gasteiger partial charge is 0.416 e. The van der Waals surface area contributed by atoms with Gasteiger partial charge in [-0.05, 0) is 55.0 Å². The van der Waals surface area contributed by atoms with E-state index in [1.165, 1.54) is 12.1 Å². The molecule has 0 aliphatic heterocycles. The van der Waals surface area contributed by atoms with Crippen LogP contribution in [0.4, 0.5) is 19.0 Å². The van der Waals surface area contributed by atoms with Crippen molar-refractivity contribution < 1.29 is 13.2 Å². The third-order valence-corrected chi connectivity index (χ3v) is 5.96. The van der Waals surface area contributed by atoms with E-state index in [0.29, 0.717) is 0 Å². The molecule has 0 saturated heterocycles. The number of hydrogen-bond acceptors (Lipinski definition) is 3. The minimum absolute atomic E-state index is 0.215. The number of hydrogen-bond donors (Lipinski definition) is 1. The van der Waals surface area contributed by atoms with Crippen LogP contribution >= 0.6 is 0 Å².